The molecular formula is C28H33N5O. The number of carbonyl (C=O) groups excluding carboxylic acids is 1. The molecule has 5 rings (SSSR count). The van der Waals surface area contributed by atoms with E-state index in [1.165, 1.54) is 12.8 Å². The Labute approximate surface area is 201 Å². The van der Waals surface area contributed by atoms with E-state index in [0.29, 0.717) is 11.6 Å². The van der Waals surface area contributed by atoms with Crippen LogP contribution in [-0.4, -0.2) is 32.9 Å². The van der Waals surface area contributed by atoms with Crippen LogP contribution in [0.25, 0.3) is 11.0 Å². The topological polar surface area (TPSA) is 84.8 Å². The predicted molar refractivity (Wildman–Crippen MR) is 133 cm³/mol. The molecule has 1 saturated carbocycles. The van der Waals surface area contributed by atoms with Gasteiger partial charge in [0, 0.05) is 24.5 Å². The Morgan fingerprint density at radius 2 is 1.88 bits per heavy atom. The van der Waals surface area contributed by atoms with E-state index in [-0.39, 0.29) is 29.8 Å². The molecule has 176 valence electrons. The number of rotatable bonds is 5. The number of nitriles is 1. The molecule has 1 aliphatic heterocycles. The van der Waals surface area contributed by atoms with Crippen molar-refractivity contribution in [3.05, 3.63) is 65.5 Å². The Morgan fingerprint density at radius 1 is 1.15 bits per heavy atom. The normalized spacial score (nSPS) is 25.9. The van der Waals surface area contributed by atoms with Crippen molar-refractivity contribution in [3.63, 3.8) is 0 Å². The number of nitrogens with one attached hydrogen (secondary N) is 2. The Balaban J connectivity index is 1.45. The molecule has 6 heteroatoms. The van der Waals surface area contributed by atoms with Gasteiger partial charge in [0.25, 0.3) is 0 Å². The SMILES string of the molecule is CC1C(C(=O)NC2CCCC2)CC(c2nc3ccccc3[nH]2)N(Cc2ccc(C#N)cc2)C1C. The summed E-state index contributed by atoms with van der Waals surface area (Å²) in [5, 5.41) is 12.5. The fraction of sp³-hybridized carbons (Fsp3) is 0.464. The summed E-state index contributed by atoms with van der Waals surface area (Å²) in [5.74, 6) is 1.30. The van der Waals surface area contributed by atoms with Crippen molar-refractivity contribution >= 4 is 16.9 Å². The summed E-state index contributed by atoms with van der Waals surface area (Å²) in [6, 6.07) is 18.6. The summed E-state index contributed by atoms with van der Waals surface area (Å²) in [6.07, 6.45) is 5.35. The summed E-state index contributed by atoms with van der Waals surface area (Å²) >= 11 is 0. The molecule has 2 aromatic carbocycles. The molecule has 2 heterocycles. The van der Waals surface area contributed by atoms with Crippen LogP contribution in [0.3, 0.4) is 0 Å². The number of likely N-dealkylation sites (tertiary alicyclic amines) is 1. The monoisotopic (exact) mass is 455 g/mol. The van der Waals surface area contributed by atoms with Crippen molar-refractivity contribution in [1.82, 2.24) is 20.2 Å². The molecule has 1 saturated heterocycles. The second-order valence-corrected chi connectivity index (χ2v) is 10.1. The lowest BCUT2D eigenvalue weighted by molar-refractivity contribution is -0.132. The molecule has 2 fully saturated rings. The van der Waals surface area contributed by atoms with Crippen LogP contribution in [0.2, 0.25) is 0 Å². The van der Waals surface area contributed by atoms with Gasteiger partial charge in [0.1, 0.15) is 5.82 Å². The van der Waals surface area contributed by atoms with E-state index in [4.69, 9.17) is 10.2 Å². The molecule has 0 bridgehead atoms. The van der Waals surface area contributed by atoms with Crippen molar-refractivity contribution in [1.29, 1.82) is 5.26 Å². The van der Waals surface area contributed by atoms with Crippen LogP contribution < -0.4 is 5.32 Å². The number of fused-ring (bicyclic) bond motifs is 1. The highest BCUT2D eigenvalue weighted by molar-refractivity contribution is 5.80. The van der Waals surface area contributed by atoms with Crippen LogP contribution in [0.4, 0.5) is 0 Å². The van der Waals surface area contributed by atoms with E-state index in [1.54, 1.807) is 0 Å². The van der Waals surface area contributed by atoms with Gasteiger partial charge in [-0.15, -0.1) is 0 Å². The third-order valence-electron chi connectivity index (χ3n) is 8.01. The first-order valence-corrected chi connectivity index (χ1v) is 12.5. The number of nitrogens with zero attached hydrogens (tertiary/aromatic N) is 3. The van der Waals surface area contributed by atoms with E-state index in [9.17, 15) is 4.79 Å². The largest absolute Gasteiger partial charge is 0.353 e. The molecule has 1 aliphatic carbocycles. The Bertz CT molecular complexity index is 1150. The van der Waals surface area contributed by atoms with Crippen molar-refractivity contribution < 1.29 is 4.79 Å². The minimum Gasteiger partial charge on any atom is -0.353 e. The van der Waals surface area contributed by atoms with Crippen molar-refractivity contribution in [2.24, 2.45) is 11.8 Å². The van der Waals surface area contributed by atoms with E-state index < -0.39 is 0 Å². The summed E-state index contributed by atoms with van der Waals surface area (Å²) in [7, 11) is 0. The number of amides is 1. The molecule has 3 aromatic rings. The first-order valence-electron chi connectivity index (χ1n) is 12.5. The highest BCUT2D eigenvalue weighted by atomic mass is 16.2. The number of imidazole rings is 1. The van der Waals surface area contributed by atoms with Gasteiger partial charge in [0.05, 0.1) is 28.7 Å². The van der Waals surface area contributed by atoms with Crippen LogP contribution in [-0.2, 0) is 11.3 Å². The molecule has 1 aromatic heterocycles. The molecule has 4 unspecified atom stereocenters. The lowest BCUT2D eigenvalue weighted by atomic mass is 9.77. The Morgan fingerprint density at radius 3 is 2.59 bits per heavy atom. The van der Waals surface area contributed by atoms with Crippen LogP contribution in [0.1, 0.15) is 68.9 Å². The average molecular weight is 456 g/mol. The second-order valence-electron chi connectivity index (χ2n) is 10.1. The number of benzene rings is 2. The molecule has 2 N–H and O–H groups in total. The van der Waals surface area contributed by atoms with Crippen molar-refractivity contribution in [2.45, 2.75) is 70.6 Å². The summed E-state index contributed by atoms with van der Waals surface area (Å²) in [5.41, 5.74) is 3.80. The zero-order valence-corrected chi connectivity index (χ0v) is 20.0. The predicted octanol–water partition coefficient (Wildman–Crippen LogP) is 5.08. The lowest BCUT2D eigenvalue weighted by Crippen LogP contribution is -2.52. The quantitative estimate of drug-likeness (QED) is 0.562. The van der Waals surface area contributed by atoms with Gasteiger partial charge in [-0.25, -0.2) is 4.98 Å². The molecule has 6 nitrogen and oxygen atoms in total. The number of H-pyrrole nitrogens is 1. The van der Waals surface area contributed by atoms with Gasteiger partial charge >= 0.3 is 0 Å². The van der Waals surface area contributed by atoms with Gasteiger partial charge in [0.15, 0.2) is 0 Å². The summed E-state index contributed by atoms with van der Waals surface area (Å²) in [4.78, 5) is 24.4. The number of piperidine rings is 1. The fourth-order valence-corrected chi connectivity index (χ4v) is 5.79. The number of para-hydroxylation sites is 2. The fourth-order valence-electron chi connectivity index (χ4n) is 5.79. The van der Waals surface area contributed by atoms with Crippen LogP contribution in [0, 0.1) is 23.2 Å². The standard InChI is InChI=1S/C28H33N5O/c1-18-19(2)33(17-21-13-11-20(16-29)12-14-21)26(27-31-24-9-5-6-10-25(24)32-27)15-23(18)28(34)30-22-7-3-4-8-22/h5-6,9-14,18-19,22-23,26H,3-4,7-8,15,17H2,1-2H3,(H,30,34)(H,31,32). The number of aromatic nitrogens is 2. The van der Waals surface area contributed by atoms with Crippen LogP contribution in [0.15, 0.2) is 48.5 Å². The maximum absolute atomic E-state index is 13.4. The van der Waals surface area contributed by atoms with Crippen LogP contribution >= 0.6 is 0 Å². The van der Waals surface area contributed by atoms with Gasteiger partial charge in [-0.3, -0.25) is 9.69 Å². The minimum absolute atomic E-state index is 0.00794. The van der Waals surface area contributed by atoms with E-state index in [2.05, 4.69) is 41.2 Å². The smallest absolute Gasteiger partial charge is 0.223 e. The molecule has 34 heavy (non-hydrogen) atoms. The molecular weight excluding hydrogens is 422 g/mol. The third-order valence-corrected chi connectivity index (χ3v) is 8.01. The number of hydrogen-bond donors (Lipinski definition) is 2. The van der Waals surface area contributed by atoms with Gasteiger partial charge in [-0.1, -0.05) is 44.0 Å². The maximum atomic E-state index is 13.4. The number of aromatic amines is 1. The number of hydrogen-bond acceptors (Lipinski definition) is 4. The number of carbonyl (C=O) groups is 1. The van der Waals surface area contributed by atoms with Gasteiger partial charge in [0.2, 0.25) is 5.91 Å². The maximum Gasteiger partial charge on any atom is 0.223 e. The zero-order valence-electron chi connectivity index (χ0n) is 20.0. The lowest BCUT2D eigenvalue weighted by Gasteiger charge is -2.47. The summed E-state index contributed by atoms with van der Waals surface area (Å²) < 4.78 is 0. The molecule has 0 spiro atoms. The van der Waals surface area contributed by atoms with Gasteiger partial charge in [-0.05, 0) is 61.9 Å². The van der Waals surface area contributed by atoms with E-state index in [1.807, 2.05) is 42.5 Å². The average Bonchev–Trinajstić information content (AvgIpc) is 3.52. The third kappa shape index (κ3) is 4.45. The molecule has 0 radical (unpaired) electrons. The van der Waals surface area contributed by atoms with Gasteiger partial charge in [-0.2, -0.15) is 5.26 Å². The Kier molecular flexibility index (Phi) is 6.38. The van der Waals surface area contributed by atoms with E-state index >= 15 is 0 Å². The molecule has 2 aliphatic rings. The molecule has 1 amide bonds. The summed E-state index contributed by atoms with van der Waals surface area (Å²) in [6.45, 7) is 5.19. The zero-order chi connectivity index (χ0) is 23.7. The highest BCUT2D eigenvalue weighted by Crippen LogP contribution is 2.41. The van der Waals surface area contributed by atoms with Crippen LogP contribution in [0.5, 0.6) is 0 Å². The minimum atomic E-state index is -0.0500. The van der Waals surface area contributed by atoms with Crippen molar-refractivity contribution in [2.75, 3.05) is 0 Å². The Hall–Kier alpha value is -3.17. The first kappa shape index (κ1) is 22.6. The first-order chi connectivity index (χ1) is 16.5. The molecule has 4 atom stereocenters. The highest BCUT2D eigenvalue weighted by Gasteiger charge is 2.43. The second kappa shape index (κ2) is 9.60. The van der Waals surface area contributed by atoms with Crippen molar-refractivity contribution in [3.8, 4) is 6.07 Å². The van der Waals surface area contributed by atoms with Gasteiger partial charge < -0.3 is 10.3 Å². The van der Waals surface area contributed by atoms with E-state index in [0.717, 1.165) is 48.2 Å².